The van der Waals surface area contributed by atoms with Crippen molar-refractivity contribution in [2.45, 2.75) is 18.8 Å². The molecule has 1 aliphatic rings. The fraction of sp³-hybridized carbons (Fsp3) is 0.500. The normalized spacial score (nSPS) is 21.4. The molecule has 0 aliphatic carbocycles. The van der Waals surface area contributed by atoms with Crippen molar-refractivity contribution in [3.05, 3.63) is 35.4 Å². The van der Waals surface area contributed by atoms with Crippen LogP contribution in [0.4, 0.5) is 0 Å². The molecule has 1 aromatic carbocycles. The van der Waals surface area contributed by atoms with Crippen LogP contribution in [0.1, 0.15) is 17.5 Å². The molecular formula is C12H17NO2S. The smallest absolute Gasteiger partial charge is 0.152 e. The van der Waals surface area contributed by atoms with Crippen LogP contribution in [0.5, 0.6) is 0 Å². The average Bonchev–Trinajstić information content (AvgIpc) is 2.15. The number of benzene rings is 1. The van der Waals surface area contributed by atoms with E-state index in [1.165, 1.54) is 0 Å². The number of hydrogen-bond acceptors (Lipinski definition) is 3. The number of hydrogen-bond donors (Lipinski definition) is 1. The van der Waals surface area contributed by atoms with E-state index in [1.807, 2.05) is 31.2 Å². The Labute approximate surface area is 96.6 Å². The molecule has 0 saturated carbocycles. The Kier molecular flexibility index (Phi) is 2.80. The largest absolute Gasteiger partial charge is 0.330 e. The van der Waals surface area contributed by atoms with Gasteiger partial charge >= 0.3 is 0 Å². The molecule has 2 rings (SSSR count). The molecule has 1 saturated heterocycles. The SMILES string of the molecule is Cc1ccccc1C1(CCN)CS(=O)(=O)C1. The molecule has 0 amide bonds. The number of nitrogens with two attached hydrogens (primary N) is 1. The molecule has 1 aromatic rings. The summed E-state index contributed by atoms with van der Waals surface area (Å²) in [6, 6.07) is 7.99. The molecule has 1 aliphatic heterocycles. The van der Waals surface area contributed by atoms with Crippen LogP contribution in [-0.4, -0.2) is 26.5 Å². The summed E-state index contributed by atoms with van der Waals surface area (Å²) in [7, 11) is -2.83. The van der Waals surface area contributed by atoms with Crippen LogP contribution in [0.15, 0.2) is 24.3 Å². The maximum absolute atomic E-state index is 11.4. The zero-order chi connectivity index (χ0) is 11.8. The minimum atomic E-state index is -2.83. The topological polar surface area (TPSA) is 60.2 Å². The van der Waals surface area contributed by atoms with E-state index in [4.69, 9.17) is 5.73 Å². The van der Waals surface area contributed by atoms with Crippen molar-refractivity contribution in [1.82, 2.24) is 0 Å². The van der Waals surface area contributed by atoms with E-state index in [9.17, 15) is 8.42 Å². The molecule has 4 heteroatoms. The Morgan fingerprint density at radius 2 is 1.94 bits per heavy atom. The minimum Gasteiger partial charge on any atom is -0.330 e. The summed E-state index contributed by atoms with van der Waals surface area (Å²) >= 11 is 0. The highest BCUT2D eigenvalue weighted by atomic mass is 32.2. The van der Waals surface area contributed by atoms with E-state index >= 15 is 0 Å². The van der Waals surface area contributed by atoms with Gasteiger partial charge in [0.15, 0.2) is 9.84 Å². The van der Waals surface area contributed by atoms with Crippen LogP contribution < -0.4 is 5.73 Å². The van der Waals surface area contributed by atoms with Gasteiger partial charge in [-0.25, -0.2) is 8.42 Å². The van der Waals surface area contributed by atoms with Crippen LogP contribution in [0.3, 0.4) is 0 Å². The van der Waals surface area contributed by atoms with Crippen LogP contribution in [-0.2, 0) is 15.3 Å². The van der Waals surface area contributed by atoms with Crippen molar-refractivity contribution in [1.29, 1.82) is 0 Å². The Morgan fingerprint density at radius 1 is 1.31 bits per heavy atom. The highest BCUT2D eigenvalue weighted by Crippen LogP contribution is 2.40. The van der Waals surface area contributed by atoms with E-state index in [1.54, 1.807) is 0 Å². The Balaban J connectivity index is 2.39. The van der Waals surface area contributed by atoms with Crippen LogP contribution in [0.25, 0.3) is 0 Å². The molecule has 0 bridgehead atoms. The molecule has 1 fully saturated rings. The maximum atomic E-state index is 11.4. The zero-order valence-electron chi connectivity index (χ0n) is 9.44. The lowest BCUT2D eigenvalue weighted by atomic mass is 9.78. The molecule has 16 heavy (non-hydrogen) atoms. The van der Waals surface area contributed by atoms with Crippen molar-refractivity contribution in [3.8, 4) is 0 Å². The summed E-state index contributed by atoms with van der Waals surface area (Å²) in [4.78, 5) is 0. The van der Waals surface area contributed by atoms with Gasteiger partial charge in [-0.3, -0.25) is 0 Å². The van der Waals surface area contributed by atoms with E-state index in [2.05, 4.69) is 0 Å². The maximum Gasteiger partial charge on any atom is 0.152 e. The van der Waals surface area contributed by atoms with E-state index in [0.717, 1.165) is 17.5 Å². The van der Waals surface area contributed by atoms with E-state index < -0.39 is 9.84 Å². The Bertz CT molecular complexity index is 481. The van der Waals surface area contributed by atoms with Crippen molar-refractivity contribution in [3.63, 3.8) is 0 Å². The number of sulfone groups is 1. The highest BCUT2D eigenvalue weighted by molar-refractivity contribution is 7.93. The molecule has 0 radical (unpaired) electrons. The molecule has 0 atom stereocenters. The highest BCUT2D eigenvalue weighted by Gasteiger charge is 2.49. The second-order valence-corrected chi connectivity index (χ2v) is 6.73. The predicted molar refractivity (Wildman–Crippen MR) is 65.2 cm³/mol. The van der Waals surface area contributed by atoms with Gasteiger partial charge in [-0.1, -0.05) is 24.3 Å². The van der Waals surface area contributed by atoms with Gasteiger partial charge in [0.25, 0.3) is 0 Å². The molecular weight excluding hydrogens is 222 g/mol. The van der Waals surface area contributed by atoms with Gasteiger partial charge in [-0.05, 0) is 31.0 Å². The van der Waals surface area contributed by atoms with Gasteiger partial charge in [0.05, 0.1) is 11.5 Å². The van der Waals surface area contributed by atoms with Crippen LogP contribution >= 0.6 is 0 Å². The lowest BCUT2D eigenvalue weighted by molar-refractivity contribution is 0.431. The standard InChI is InChI=1S/C12H17NO2S/c1-10-4-2-3-5-11(10)12(6-7-13)8-16(14,15)9-12/h2-5H,6-9,13H2,1H3. The fourth-order valence-electron chi connectivity index (χ4n) is 2.68. The van der Waals surface area contributed by atoms with Crippen LogP contribution in [0, 0.1) is 6.92 Å². The van der Waals surface area contributed by atoms with E-state index in [0.29, 0.717) is 6.54 Å². The third-order valence-electron chi connectivity index (χ3n) is 3.33. The van der Waals surface area contributed by atoms with Gasteiger partial charge < -0.3 is 5.73 Å². The second-order valence-electron chi connectivity index (χ2n) is 4.67. The summed E-state index contributed by atoms with van der Waals surface area (Å²) in [5.41, 5.74) is 7.69. The summed E-state index contributed by atoms with van der Waals surface area (Å²) in [5, 5.41) is 0. The summed E-state index contributed by atoms with van der Waals surface area (Å²) in [5.74, 6) is 0.504. The first-order valence-corrected chi connectivity index (χ1v) is 7.28. The molecule has 2 N–H and O–H groups in total. The summed E-state index contributed by atoms with van der Waals surface area (Å²) in [6.45, 7) is 2.56. The first kappa shape index (κ1) is 11.6. The minimum absolute atomic E-state index is 0.223. The van der Waals surface area contributed by atoms with E-state index in [-0.39, 0.29) is 16.9 Å². The quantitative estimate of drug-likeness (QED) is 0.856. The summed E-state index contributed by atoms with van der Waals surface area (Å²) < 4.78 is 22.8. The summed E-state index contributed by atoms with van der Waals surface area (Å²) in [6.07, 6.45) is 0.747. The van der Waals surface area contributed by atoms with Crippen molar-refractivity contribution in [2.24, 2.45) is 5.73 Å². The molecule has 88 valence electrons. The zero-order valence-corrected chi connectivity index (χ0v) is 10.3. The van der Waals surface area contributed by atoms with Gasteiger partial charge in [0.1, 0.15) is 0 Å². The third kappa shape index (κ3) is 1.87. The third-order valence-corrected chi connectivity index (χ3v) is 5.32. The Morgan fingerprint density at radius 3 is 2.44 bits per heavy atom. The Hall–Kier alpha value is -0.870. The second kappa shape index (κ2) is 3.86. The van der Waals surface area contributed by atoms with Gasteiger partial charge in [0.2, 0.25) is 0 Å². The molecule has 0 aromatic heterocycles. The van der Waals surface area contributed by atoms with Crippen molar-refractivity contribution < 1.29 is 8.42 Å². The van der Waals surface area contributed by atoms with Crippen molar-refractivity contribution in [2.75, 3.05) is 18.1 Å². The number of rotatable bonds is 3. The average molecular weight is 239 g/mol. The lowest BCUT2D eigenvalue weighted by Crippen LogP contribution is -2.53. The lowest BCUT2D eigenvalue weighted by Gasteiger charge is -2.42. The fourth-order valence-corrected chi connectivity index (χ4v) is 4.88. The monoisotopic (exact) mass is 239 g/mol. The predicted octanol–water partition coefficient (Wildman–Crippen LogP) is 1.01. The van der Waals surface area contributed by atoms with Gasteiger partial charge in [-0.2, -0.15) is 0 Å². The molecule has 3 nitrogen and oxygen atoms in total. The number of aryl methyl sites for hydroxylation is 1. The van der Waals surface area contributed by atoms with Gasteiger partial charge in [-0.15, -0.1) is 0 Å². The first-order chi connectivity index (χ1) is 7.49. The molecule has 1 heterocycles. The van der Waals surface area contributed by atoms with Gasteiger partial charge in [0, 0.05) is 5.41 Å². The molecule has 0 spiro atoms. The molecule has 0 unspecified atom stereocenters. The van der Waals surface area contributed by atoms with Crippen LogP contribution in [0.2, 0.25) is 0 Å². The van der Waals surface area contributed by atoms with Crippen molar-refractivity contribution >= 4 is 9.84 Å². The first-order valence-electron chi connectivity index (χ1n) is 5.46.